The average Bonchev–Trinajstić information content (AvgIpc) is 3.05. The topological polar surface area (TPSA) is 46.5 Å². The fourth-order valence-corrected chi connectivity index (χ4v) is 2.10. The summed E-state index contributed by atoms with van der Waals surface area (Å²) in [4.78, 5) is 11.1. The van der Waals surface area contributed by atoms with Crippen LogP contribution in [0, 0.1) is 19.8 Å². The van der Waals surface area contributed by atoms with Crippen LogP contribution in [0.2, 0.25) is 0 Å². The molecule has 0 heterocycles. The minimum atomic E-state index is -0.870. The number of carboxylic acids is 1. The second-order valence-electron chi connectivity index (χ2n) is 4.59. The van der Waals surface area contributed by atoms with E-state index in [1.54, 1.807) is 0 Å². The summed E-state index contributed by atoms with van der Waals surface area (Å²) in [5, 5.41) is 9.10. The molecule has 3 nitrogen and oxygen atoms in total. The molecule has 1 aromatic rings. The lowest BCUT2D eigenvalue weighted by atomic mass is 10.1. The van der Waals surface area contributed by atoms with Gasteiger partial charge in [-0.15, -0.1) is 0 Å². The summed E-state index contributed by atoms with van der Waals surface area (Å²) in [6.45, 7) is 3.94. The van der Waals surface area contributed by atoms with Gasteiger partial charge in [0.05, 0.1) is 0 Å². The van der Waals surface area contributed by atoms with Crippen LogP contribution in [0.5, 0.6) is 5.75 Å². The van der Waals surface area contributed by atoms with E-state index in [1.807, 2.05) is 26.0 Å². The Kier molecular flexibility index (Phi) is 3.43. The van der Waals surface area contributed by atoms with E-state index >= 15 is 0 Å². The van der Waals surface area contributed by atoms with E-state index in [-0.39, 0.29) is 5.92 Å². The largest absolute Gasteiger partial charge is 0.478 e. The van der Waals surface area contributed by atoms with Gasteiger partial charge in [0.25, 0.3) is 0 Å². The molecule has 0 aromatic heterocycles. The number of carboxylic acid groups (broad SMARTS) is 1. The Labute approximate surface area is 109 Å². The standard InChI is InChI=1S/C13H15BrO3/c1-7-5-10(6-8(2)11(7)14)17-12(13(15)16)9-3-4-9/h5-6,9,12H,3-4H2,1-2H3,(H,15,16). The van der Waals surface area contributed by atoms with E-state index in [0.29, 0.717) is 5.75 Å². The first-order valence-electron chi connectivity index (χ1n) is 5.65. The molecule has 0 spiro atoms. The number of rotatable bonds is 4. The quantitative estimate of drug-likeness (QED) is 0.928. The van der Waals surface area contributed by atoms with Gasteiger partial charge >= 0.3 is 5.97 Å². The summed E-state index contributed by atoms with van der Waals surface area (Å²) in [6, 6.07) is 3.74. The Balaban J connectivity index is 2.20. The second kappa shape index (κ2) is 4.69. The highest BCUT2D eigenvalue weighted by Crippen LogP contribution is 2.36. The average molecular weight is 299 g/mol. The predicted molar refractivity (Wildman–Crippen MR) is 68.4 cm³/mol. The number of hydrogen-bond donors (Lipinski definition) is 1. The lowest BCUT2D eigenvalue weighted by Gasteiger charge is -2.16. The lowest BCUT2D eigenvalue weighted by Crippen LogP contribution is -2.29. The Bertz CT molecular complexity index is 429. The number of ether oxygens (including phenoxy) is 1. The van der Waals surface area contributed by atoms with Crippen LogP contribution in [0.3, 0.4) is 0 Å². The van der Waals surface area contributed by atoms with Crippen LogP contribution in [-0.4, -0.2) is 17.2 Å². The highest BCUT2D eigenvalue weighted by molar-refractivity contribution is 9.10. The minimum Gasteiger partial charge on any atom is -0.478 e. The summed E-state index contributed by atoms with van der Waals surface area (Å²) < 4.78 is 6.64. The molecule has 1 atom stereocenters. The summed E-state index contributed by atoms with van der Waals surface area (Å²) in [5.74, 6) is -0.0509. The molecular formula is C13H15BrO3. The molecule has 0 amide bonds. The molecule has 1 aromatic carbocycles. The summed E-state index contributed by atoms with van der Waals surface area (Å²) in [6.07, 6.45) is 1.20. The van der Waals surface area contributed by atoms with Crippen LogP contribution in [0.25, 0.3) is 0 Å². The Morgan fingerprint density at radius 2 is 1.94 bits per heavy atom. The maximum Gasteiger partial charge on any atom is 0.345 e. The number of hydrogen-bond acceptors (Lipinski definition) is 2. The molecule has 0 bridgehead atoms. The Hall–Kier alpha value is -1.03. The zero-order valence-corrected chi connectivity index (χ0v) is 11.5. The van der Waals surface area contributed by atoms with Crippen molar-refractivity contribution in [2.24, 2.45) is 5.92 Å². The molecule has 92 valence electrons. The normalized spacial score (nSPS) is 16.6. The minimum absolute atomic E-state index is 0.178. The van der Waals surface area contributed by atoms with E-state index in [1.165, 1.54) is 0 Å². The van der Waals surface area contributed by atoms with Crippen LogP contribution < -0.4 is 4.74 Å². The number of aryl methyl sites for hydroxylation is 2. The van der Waals surface area contributed by atoms with Gasteiger partial charge in [0.2, 0.25) is 0 Å². The molecule has 1 aliphatic rings. The molecule has 1 aliphatic carbocycles. The number of aliphatic carboxylic acids is 1. The lowest BCUT2D eigenvalue weighted by molar-refractivity contribution is -0.146. The number of benzene rings is 1. The van der Waals surface area contributed by atoms with E-state index in [9.17, 15) is 4.79 Å². The van der Waals surface area contributed by atoms with Crippen LogP contribution in [0.1, 0.15) is 24.0 Å². The summed E-state index contributed by atoms with van der Waals surface area (Å²) in [5.41, 5.74) is 2.11. The highest BCUT2D eigenvalue weighted by Gasteiger charge is 2.38. The third-order valence-electron chi connectivity index (χ3n) is 2.97. The van der Waals surface area contributed by atoms with Gasteiger partial charge in [-0.1, -0.05) is 15.9 Å². The third-order valence-corrected chi connectivity index (χ3v) is 4.22. The molecule has 1 N–H and O–H groups in total. The SMILES string of the molecule is Cc1cc(OC(C(=O)O)C2CC2)cc(C)c1Br. The van der Waals surface area contributed by atoms with Gasteiger partial charge in [0, 0.05) is 10.4 Å². The zero-order valence-electron chi connectivity index (χ0n) is 9.87. The number of halogens is 1. The van der Waals surface area contributed by atoms with Gasteiger partial charge in [-0.3, -0.25) is 0 Å². The van der Waals surface area contributed by atoms with Crippen LogP contribution >= 0.6 is 15.9 Å². The molecule has 0 saturated heterocycles. The van der Waals surface area contributed by atoms with Crippen LogP contribution in [0.15, 0.2) is 16.6 Å². The maximum absolute atomic E-state index is 11.1. The number of carbonyl (C=O) groups is 1. The van der Waals surface area contributed by atoms with Gasteiger partial charge in [0.15, 0.2) is 6.10 Å². The van der Waals surface area contributed by atoms with Crippen molar-refractivity contribution in [1.29, 1.82) is 0 Å². The molecule has 0 radical (unpaired) electrons. The van der Waals surface area contributed by atoms with Crippen LogP contribution in [-0.2, 0) is 4.79 Å². The molecule has 1 fully saturated rings. The first kappa shape index (κ1) is 12.4. The van der Waals surface area contributed by atoms with E-state index in [4.69, 9.17) is 9.84 Å². The second-order valence-corrected chi connectivity index (χ2v) is 5.38. The van der Waals surface area contributed by atoms with Crippen molar-refractivity contribution in [3.8, 4) is 5.75 Å². The molecular weight excluding hydrogens is 284 g/mol. The smallest absolute Gasteiger partial charge is 0.345 e. The fraction of sp³-hybridized carbons (Fsp3) is 0.462. The fourth-order valence-electron chi connectivity index (χ4n) is 1.87. The molecule has 1 saturated carbocycles. The van der Waals surface area contributed by atoms with Gasteiger partial charge in [0.1, 0.15) is 5.75 Å². The zero-order chi connectivity index (χ0) is 12.6. The molecule has 0 aliphatic heterocycles. The van der Waals surface area contributed by atoms with Crippen molar-refractivity contribution >= 4 is 21.9 Å². The van der Waals surface area contributed by atoms with Gasteiger partial charge in [-0.2, -0.15) is 0 Å². The summed E-state index contributed by atoms with van der Waals surface area (Å²) >= 11 is 3.48. The molecule has 17 heavy (non-hydrogen) atoms. The molecule has 4 heteroatoms. The van der Waals surface area contributed by atoms with Crippen molar-refractivity contribution in [2.75, 3.05) is 0 Å². The van der Waals surface area contributed by atoms with Gasteiger partial charge in [-0.25, -0.2) is 4.79 Å². The van der Waals surface area contributed by atoms with E-state index in [0.717, 1.165) is 28.4 Å². The van der Waals surface area contributed by atoms with Crippen LogP contribution in [0.4, 0.5) is 0 Å². The van der Waals surface area contributed by atoms with Crippen molar-refractivity contribution in [2.45, 2.75) is 32.8 Å². The van der Waals surface area contributed by atoms with E-state index in [2.05, 4.69) is 15.9 Å². The molecule has 2 rings (SSSR count). The Morgan fingerprint density at radius 1 is 1.41 bits per heavy atom. The van der Waals surface area contributed by atoms with E-state index < -0.39 is 12.1 Å². The van der Waals surface area contributed by atoms with Crippen molar-refractivity contribution < 1.29 is 14.6 Å². The van der Waals surface area contributed by atoms with Crippen molar-refractivity contribution in [3.63, 3.8) is 0 Å². The van der Waals surface area contributed by atoms with Gasteiger partial charge in [-0.05, 0) is 49.9 Å². The third kappa shape index (κ3) is 2.80. The summed E-state index contributed by atoms with van der Waals surface area (Å²) in [7, 11) is 0. The van der Waals surface area contributed by atoms with Crippen molar-refractivity contribution in [3.05, 3.63) is 27.7 Å². The molecule has 1 unspecified atom stereocenters. The maximum atomic E-state index is 11.1. The first-order valence-corrected chi connectivity index (χ1v) is 6.44. The van der Waals surface area contributed by atoms with Gasteiger partial charge < -0.3 is 9.84 Å². The highest BCUT2D eigenvalue weighted by atomic mass is 79.9. The predicted octanol–water partition coefficient (Wildman–Crippen LogP) is 3.31. The van der Waals surface area contributed by atoms with Crippen molar-refractivity contribution in [1.82, 2.24) is 0 Å². The Morgan fingerprint density at radius 3 is 2.35 bits per heavy atom. The monoisotopic (exact) mass is 298 g/mol. The first-order chi connectivity index (χ1) is 7.99.